The van der Waals surface area contributed by atoms with Gasteiger partial charge in [-0.25, -0.2) is 9.97 Å². The van der Waals surface area contributed by atoms with Crippen LogP contribution in [-0.2, 0) is 0 Å². The number of hydrogen-bond acceptors (Lipinski definition) is 6. The molecule has 16 heavy (non-hydrogen) atoms. The molecular formula is C9H14N4O2S. The number of nitrogens with zero attached hydrogens (tertiary/aromatic N) is 3. The van der Waals surface area contributed by atoms with E-state index in [4.69, 9.17) is 16.0 Å². The van der Waals surface area contributed by atoms with Gasteiger partial charge in [0.05, 0.1) is 0 Å². The zero-order valence-electron chi connectivity index (χ0n) is 8.92. The summed E-state index contributed by atoms with van der Waals surface area (Å²) in [4.78, 5) is 8.33. The van der Waals surface area contributed by atoms with E-state index in [2.05, 4.69) is 15.1 Å². The van der Waals surface area contributed by atoms with E-state index in [1.807, 2.05) is 6.92 Å². The van der Waals surface area contributed by atoms with Crippen LogP contribution in [0.3, 0.4) is 0 Å². The highest BCUT2D eigenvalue weighted by Crippen LogP contribution is 2.14. The zero-order valence-corrected chi connectivity index (χ0v) is 9.74. The Morgan fingerprint density at radius 1 is 1.56 bits per heavy atom. The SMILES string of the molecule is Cc1cc(/C(N)=N/O)nc(SCCCO)n1. The first-order valence-corrected chi connectivity index (χ1v) is 5.73. The van der Waals surface area contributed by atoms with E-state index in [-0.39, 0.29) is 12.4 Å². The highest BCUT2D eigenvalue weighted by Gasteiger charge is 2.06. The van der Waals surface area contributed by atoms with Crippen LogP contribution in [0.2, 0.25) is 0 Å². The summed E-state index contributed by atoms with van der Waals surface area (Å²) in [5, 5.41) is 20.7. The van der Waals surface area contributed by atoms with Crippen LogP contribution < -0.4 is 5.73 Å². The highest BCUT2D eigenvalue weighted by molar-refractivity contribution is 7.99. The Kier molecular flexibility index (Phi) is 5.00. The molecule has 0 saturated carbocycles. The third-order valence-electron chi connectivity index (χ3n) is 1.74. The van der Waals surface area contributed by atoms with E-state index >= 15 is 0 Å². The first-order chi connectivity index (χ1) is 7.67. The fourth-order valence-corrected chi connectivity index (χ4v) is 1.84. The molecule has 0 radical (unpaired) electrons. The van der Waals surface area contributed by atoms with Crippen LogP contribution in [0.25, 0.3) is 0 Å². The maximum absolute atomic E-state index is 8.65. The molecule has 0 unspecified atom stereocenters. The molecule has 0 bridgehead atoms. The normalized spacial score (nSPS) is 11.8. The molecule has 0 spiro atoms. The molecule has 0 aliphatic carbocycles. The minimum Gasteiger partial charge on any atom is -0.409 e. The van der Waals surface area contributed by atoms with Crippen molar-refractivity contribution in [2.45, 2.75) is 18.5 Å². The lowest BCUT2D eigenvalue weighted by Crippen LogP contribution is -2.16. The van der Waals surface area contributed by atoms with Gasteiger partial charge in [0.1, 0.15) is 5.69 Å². The summed E-state index contributed by atoms with van der Waals surface area (Å²) in [7, 11) is 0. The van der Waals surface area contributed by atoms with Crippen LogP contribution in [0.15, 0.2) is 16.4 Å². The standard InChI is InChI=1S/C9H14N4O2S/c1-6-5-7(8(10)13-15)12-9(11-6)16-4-2-3-14/h5,14-15H,2-4H2,1H3,(H2,10,13). The largest absolute Gasteiger partial charge is 0.409 e. The summed E-state index contributed by atoms with van der Waals surface area (Å²) >= 11 is 1.43. The Bertz CT molecular complexity index is 384. The molecule has 4 N–H and O–H groups in total. The third-order valence-corrected chi connectivity index (χ3v) is 2.67. The van der Waals surface area contributed by atoms with Gasteiger partial charge in [0.25, 0.3) is 0 Å². The Labute approximate surface area is 97.6 Å². The Morgan fingerprint density at radius 3 is 2.94 bits per heavy atom. The first-order valence-electron chi connectivity index (χ1n) is 4.74. The minimum atomic E-state index is -0.0329. The van der Waals surface area contributed by atoms with Crippen LogP contribution >= 0.6 is 11.8 Å². The van der Waals surface area contributed by atoms with E-state index in [9.17, 15) is 0 Å². The summed E-state index contributed by atoms with van der Waals surface area (Å²) in [5.41, 5.74) is 6.60. The van der Waals surface area contributed by atoms with Crippen molar-refractivity contribution in [1.29, 1.82) is 0 Å². The number of rotatable bonds is 5. The van der Waals surface area contributed by atoms with Crippen LogP contribution in [0.4, 0.5) is 0 Å². The predicted octanol–water partition coefficient (Wildman–Crippen LogP) is 0.354. The number of nitrogens with two attached hydrogens (primary N) is 1. The molecule has 0 fully saturated rings. The van der Waals surface area contributed by atoms with Crippen molar-refractivity contribution < 1.29 is 10.3 Å². The zero-order chi connectivity index (χ0) is 12.0. The highest BCUT2D eigenvalue weighted by atomic mass is 32.2. The van der Waals surface area contributed by atoms with E-state index in [0.29, 0.717) is 17.3 Å². The maximum Gasteiger partial charge on any atom is 0.188 e. The van der Waals surface area contributed by atoms with Crippen LogP contribution in [0.5, 0.6) is 0 Å². The molecule has 88 valence electrons. The van der Waals surface area contributed by atoms with Gasteiger partial charge >= 0.3 is 0 Å². The summed E-state index contributed by atoms with van der Waals surface area (Å²) in [6.07, 6.45) is 0.681. The number of aliphatic hydroxyl groups is 1. The molecule has 1 heterocycles. The molecule has 0 saturated heterocycles. The van der Waals surface area contributed by atoms with Gasteiger partial charge in [-0.05, 0) is 19.4 Å². The fraction of sp³-hybridized carbons (Fsp3) is 0.444. The van der Waals surface area contributed by atoms with E-state index in [1.165, 1.54) is 11.8 Å². The van der Waals surface area contributed by atoms with Crippen LogP contribution in [0.1, 0.15) is 17.8 Å². The lowest BCUT2D eigenvalue weighted by molar-refractivity contribution is 0.296. The van der Waals surface area contributed by atoms with Gasteiger partial charge in [-0.15, -0.1) is 0 Å². The van der Waals surface area contributed by atoms with Gasteiger partial charge in [0, 0.05) is 18.1 Å². The average Bonchev–Trinajstić information content (AvgIpc) is 2.27. The quantitative estimate of drug-likeness (QED) is 0.131. The van der Waals surface area contributed by atoms with Crippen molar-refractivity contribution in [3.8, 4) is 0 Å². The molecule has 7 heteroatoms. The minimum absolute atomic E-state index is 0.0329. The summed E-state index contributed by atoms with van der Waals surface area (Å²) in [5.74, 6) is 0.699. The molecule has 1 rings (SSSR count). The molecule has 0 aliphatic rings. The van der Waals surface area contributed by atoms with Crippen molar-refractivity contribution >= 4 is 17.6 Å². The number of aliphatic hydroxyl groups excluding tert-OH is 1. The van der Waals surface area contributed by atoms with Gasteiger partial charge < -0.3 is 16.0 Å². The number of aryl methyl sites for hydroxylation is 1. The van der Waals surface area contributed by atoms with Gasteiger partial charge in [-0.2, -0.15) is 0 Å². The molecule has 0 amide bonds. The molecule has 6 nitrogen and oxygen atoms in total. The number of amidine groups is 1. The Balaban J connectivity index is 2.82. The molecule has 0 aliphatic heterocycles. The van der Waals surface area contributed by atoms with Crippen LogP contribution in [-0.4, -0.2) is 38.5 Å². The first kappa shape index (κ1) is 12.7. The van der Waals surface area contributed by atoms with E-state index in [0.717, 1.165) is 11.4 Å². The van der Waals surface area contributed by atoms with Crippen molar-refractivity contribution in [2.24, 2.45) is 10.9 Å². The molecule has 1 aromatic rings. The van der Waals surface area contributed by atoms with Gasteiger partial charge in [-0.1, -0.05) is 16.9 Å². The second kappa shape index (κ2) is 6.29. The Hall–Kier alpha value is -1.34. The fourth-order valence-electron chi connectivity index (χ4n) is 1.02. The van der Waals surface area contributed by atoms with Gasteiger partial charge in [0.2, 0.25) is 0 Å². The predicted molar refractivity (Wildman–Crippen MR) is 61.7 cm³/mol. The summed E-state index contributed by atoms with van der Waals surface area (Å²) in [6, 6.07) is 1.64. The molecule has 0 atom stereocenters. The van der Waals surface area contributed by atoms with E-state index in [1.54, 1.807) is 6.07 Å². The topological polar surface area (TPSA) is 105 Å². The molecular weight excluding hydrogens is 228 g/mol. The summed E-state index contributed by atoms with van der Waals surface area (Å²) in [6.45, 7) is 1.96. The maximum atomic E-state index is 8.65. The number of hydrogen-bond donors (Lipinski definition) is 3. The van der Waals surface area contributed by atoms with E-state index < -0.39 is 0 Å². The number of thioether (sulfide) groups is 1. The third kappa shape index (κ3) is 3.67. The van der Waals surface area contributed by atoms with Gasteiger partial charge in [-0.3, -0.25) is 0 Å². The Morgan fingerprint density at radius 2 is 2.31 bits per heavy atom. The lowest BCUT2D eigenvalue weighted by atomic mass is 10.3. The molecule has 1 aromatic heterocycles. The van der Waals surface area contributed by atoms with Crippen LogP contribution in [0, 0.1) is 6.92 Å². The second-order valence-corrected chi connectivity index (χ2v) is 4.15. The summed E-state index contributed by atoms with van der Waals surface area (Å²) < 4.78 is 0. The van der Waals surface area contributed by atoms with Crippen molar-refractivity contribution in [1.82, 2.24) is 9.97 Å². The number of aromatic nitrogens is 2. The molecule has 0 aromatic carbocycles. The van der Waals surface area contributed by atoms with Crippen molar-refractivity contribution in [3.05, 3.63) is 17.5 Å². The lowest BCUT2D eigenvalue weighted by Gasteiger charge is -2.03. The number of oxime groups is 1. The van der Waals surface area contributed by atoms with Crippen molar-refractivity contribution in [2.75, 3.05) is 12.4 Å². The monoisotopic (exact) mass is 242 g/mol. The van der Waals surface area contributed by atoms with Gasteiger partial charge in [0.15, 0.2) is 11.0 Å². The average molecular weight is 242 g/mol. The van der Waals surface area contributed by atoms with Crippen molar-refractivity contribution in [3.63, 3.8) is 0 Å². The smallest absolute Gasteiger partial charge is 0.188 e. The second-order valence-electron chi connectivity index (χ2n) is 3.09.